The highest BCUT2D eigenvalue weighted by Gasteiger charge is 2.30. The Hall–Kier alpha value is -3.09. The molecule has 1 aromatic carbocycles. The number of pyridine rings is 1. The lowest BCUT2D eigenvalue weighted by atomic mass is 9.98. The fourth-order valence-corrected chi connectivity index (χ4v) is 3.85. The van der Waals surface area contributed by atoms with Crippen LogP contribution in [0.25, 0.3) is 11.1 Å². The molecule has 1 amide bonds. The van der Waals surface area contributed by atoms with Crippen molar-refractivity contribution in [2.75, 3.05) is 18.0 Å². The second-order valence-corrected chi connectivity index (χ2v) is 8.84. The van der Waals surface area contributed by atoms with E-state index in [-0.39, 0.29) is 11.6 Å². The number of carboxylic acid groups (broad SMARTS) is 1. The van der Waals surface area contributed by atoms with Crippen molar-refractivity contribution >= 4 is 17.7 Å². The lowest BCUT2D eigenvalue weighted by Crippen LogP contribution is -2.40. The van der Waals surface area contributed by atoms with Crippen LogP contribution in [0.4, 0.5) is 10.5 Å². The lowest BCUT2D eigenvalue weighted by molar-refractivity contribution is 0.0508. The van der Waals surface area contributed by atoms with Gasteiger partial charge in [-0.2, -0.15) is 0 Å². The van der Waals surface area contributed by atoms with E-state index in [2.05, 4.69) is 16.4 Å². The van der Waals surface area contributed by atoms with Gasteiger partial charge in [0.1, 0.15) is 11.2 Å². The van der Waals surface area contributed by atoms with Crippen molar-refractivity contribution in [2.24, 2.45) is 0 Å². The number of nitrogens with one attached hydrogen (secondary N) is 1. The molecule has 2 aromatic rings. The van der Waals surface area contributed by atoms with Crippen LogP contribution < -0.4 is 10.2 Å². The maximum atomic E-state index is 12.1. The van der Waals surface area contributed by atoms with Gasteiger partial charge in [0.25, 0.3) is 0 Å². The van der Waals surface area contributed by atoms with E-state index in [1.807, 2.05) is 51.7 Å². The number of carbonyl (C=O) groups excluding carboxylic acids is 1. The SMILES string of the molecule is Cc1cc(C)cc(-c2cncc(C(=O)O)c2N2CCC(NC(=O)OC(C)(C)C)C2)c1. The number of nitrogens with zero attached hydrogens (tertiary/aromatic N) is 2. The number of rotatable bonds is 4. The molecule has 0 radical (unpaired) electrons. The van der Waals surface area contributed by atoms with Crippen LogP contribution in [0.15, 0.2) is 30.6 Å². The summed E-state index contributed by atoms with van der Waals surface area (Å²) in [5, 5.41) is 12.7. The average molecular weight is 412 g/mol. The average Bonchev–Trinajstić information content (AvgIpc) is 3.06. The molecule has 2 N–H and O–H groups in total. The number of carbonyl (C=O) groups is 2. The number of aromatic nitrogens is 1. The molecule has 1 saturated heterocycles. The molecule has 0 aliphatic carbocycles. The van der Waals surface area contributed by atoms with Gasteiger partial charge >= 0.3 is 12.1 Å². The molecular formula is C23H29N3O4. The summed E-state index contributed by atoms with van der Waals surface area (Å²) in [4.78, 5) is 30.3. The second kappa shape index (κ2) is 8.34. The standard InChI is InChI=1S/C23H29N3O4/c1-14-8-15(2)10-16(9-14)18-11-24-12-19(21(27)28)20(18)26-7-6-17(13-26)25-22(29)30-23(3,4)5/h8-12,17H,6-7,13H2,1-5H3,(H,25,29)(H,27,28). The van der Waals surface area contributed by atoms with E-state index in [0.717, 1.165) is 22.3 Å². The topological polar surface area (TPSA) is 91.8 Å². The normalized spacial score (nSPS) is 16.4. The van der Waals surface area contributed by atoms with Gasteiger partial charge < -0.3 is 20.1 Å². The number of alkyl carbamates (subject to hydrolysis) is 1. The zero-order valence-corrected chi connectivity index (χ0v) is 18.2. The molecule has 2 heterocycles. The number of hydrogen-bond acceptors (Lipinski definition) is 5. The summed E-state index contributed by atoms with van der Waals surface area (Å²) < 4.78 is 5.35. The van der Waals surface area contributed by atoms with E-state index in [4.69, 9.17) is 4.74 Å². The Kier molecular flexibility index (Phi) is 6.01. The van der Waals surface area contributed by atoms with Crippen LogP contribution in [0.2, 0.25) is 0 Å². The van der Waals surface area contributed by atoms with Crippen molar-refractivity contribution in [1.29, 1.82) is 0 Å². The van der Waals surface area contributed by atoms with E-state index in [1.54, 1.807) is 6.20 Å². The van der Waals surface area contributed by atoms with E-state index in [9.17, 15) is 14.7 Å². The van der Waals surface area contributed by atoms with E-state index < -0.39 is 17.7 Å². The van der Waals surface area contributed by atoms with Crippen molar-refractivity contribution < 1.29 is 19.4 Å². The fraction of sp³-hybridized carbons (Fsp3) is 0.435. The molecule has 1 fully saturated rings. The number of aromatic carboxylic acids is 1. The van der Waals surface area contributed by atoms with Gasteiger partial charge in [0.15, 0.2) is 0 Å². The van der Waals surface area contributed by atoms with Gasteiger partial charge in [0.2, 0.25) is 0 Å². The minimum atomic E-state index is -1.02. The van der Waals surface area contributed by atoms with Gasteiger partial charge in [-0.15, -0.1) is 0 Å². The van der Waals surface area contributed by atoms with E-state index in [1.165, 1.54) is 6.20 Å². The lowest BCUT2D eigenvalue weighted by Gasteiger charge is -2.25. The monoisotopic (exact) mass is 411 g/mol. The third-order valence-electron chi connectivity index (χ3n) is 4.91. The molecule has 1 atom stereocenters. The Morgan fingerprint density at radius 2 is 1.83 bits per heavy atom. The Morgan fingerprint density at radius 3 is 2.43 bits per heavy atom. The molecule has 30 heavy (non-hydrogen) atoms. The first-order valence-corrected chi connectivity index (χ1v) is 10.1. The van der Waals surface area contributed by atoms with E-state index in [0.29, 0.717) is 25.2 Å². The molecule has 0 bridgehead atoms. The van der Waals surface area contributed by atoms with Gasteiger partial charge in [0.05, 0.1) is 11.7 Å². The highest BCUT2D eigenvalue weighted by molar-refractivity contribution is 5.99. The van der Waals surface area contributed by atoms with Crippen LogP contribution >= 0.6 is 0 Å². The van der Waals surface area contributed by atoms with Crippen molar-refractivity contribution in [2.45, 2.75) is 52.7 Å². The molecule has 7 heteroatoms. The fourth-order valence-electron chi connectivity index (χ4n) is 3.85. The second-order valence-electron chi connectivity index (χ2n) is 8.84. The number of aryl methyl sites for hydroxylation is 2. The number of ether oxygens (including phenoxy) is 1. The van der Waals surface area contributed by atoms with Gasteiger partial charge in [0, 0.05) is 31.0 Å². The van der Waals surface area contributed by atoms with Crippen LogP contribution in [-0.2, 0) is 4.74 Å². The predicted molar refractivity (Wildman–Crippen MR) is 116 cm³/mol. The quantitative estimate of drug-likeness (QED) is 0.785. The number of amides is 1. The molecule has 7 nitrogen and oxygen atoms in total. The Morgan fingerprint density at radius 1 is 1.17 bits per heavy atom. The Bertz CT molecular complexity index is 945. The molecule has 1 aliphatic heterocycles. The maximum absolute atomic E-state index is 12.1. The molecule has 3 rings (SSSR count). The number of hydrogen-bond donors (Lipinski definition) is 2. The van der Waals surface area contributed by atoms with Crippen LogP contribution in [0.5, 0.6) is 0 Å². The molecule has 0 spiro atoms. The van der Waals surface area contributed by atoms with Crippen LogP contribution in [0.1, 0.15) is 48.7 Å². The van der Waals surface area contributed by atoms with Crippen LogP contribution in [0.3, 0.4) is 0 Å². The summed E-state index contributed by atoms with van der Waals surface area (Å²) in [5.41, 5.74) is 4.13. The third-order valence-corrected chi connectivity index (χ3v) is 4.91. The first-order valence-electron chi connectivity index (χ1n) is 10.1. The minimum Gasteiger partial charge on any atom is -0.478 e. The molecular weight excluding hydrogens is 382 g/mol. The largest absolute Gasteiger partial charge is 0.478 e. The number of carboxylic acids is 1. The summed E-state index contributed by atoms with van der Waals surface area (Å²) in [6, 6.07) is 6.02. The Balaban J connectivity index is 1.92. The minimum absolute atomic E-state index is 0.123. The molecule has 0 saturated carbocycles. The van der Waals surface area contributed by atoms with Gasteiger partial charge in [-0.05, 0) is 46.6 Å². The van der Waals surface area contributed by atoms with Gasteiger partial charge in [-0.1, -0.05) is 29.3 Å². The molecule has 1 aliphatic rings. The summed E-state index contributed by atoms with van der Waals surface area (Å²) in [6.45, 7) is 10.6. The highest BCUT2D eigenvalue weighted by atomic mass is 16.6. The van der Waals surface area contributed by atoms with Crippen molar-refractivity contribution in [1.82, 2.24) is 10.3 Å². The smallest absolute Gasteiger partial charge is 0.407 e. The van der Waals surface area contributed by atoms with Crippen LogP contribution in [-0.4, -0.2) is 46.9 Å². The van der Waals surface area contributed by atoms with Crippen molar-refractivity contribution in [3.8, 4) is 11.1 Å². The van der Waals surface area contributed by atoms with Crippen LogP contribution in [0, 0.1) is 13.8 Å². The molecule has 1 unspecified atom stereocenters. The number of benzene rings is 1. The third kappa shape index (κ3) is 5.09. The summed E-state index contributed by atoms with van der Waals surface area (Å²) >= 11 is 0. The van der Waals surface area contributed by atoms with E-state index >= 15 is 0 Å². The maximum Gasteiger partial charge on any atom is 0.407 e. The highest BCUT2D eigenvalue weighted by Crippen LogP contribution is 2.36. The van der Waals surface area contributed by atoms with Gasteiger partial charge in [-0.3, -0.25) is 4.98 Å². The first-order chi connectivity index (χ1) is 14.0. The summed E-state index contributed by atoms with van der Waals surface area (Å²) in [7, 11) is 0. The first kappa shape index (κ1) is 21.6. The number of anilines is 1. The molecule has 1 aromatic heterocycles. The molecule has 160 valence electrons. The zero-order valence-electron chi connectivity index (χ0n) is 18.2. The predicted octanol–water partition coefficient (Wildman–Crippen LogP) is 4.17. The van der Waals surface area contributed by atoms with Crippen molar-refractivity contribution in [3.63, 3.8) is 0 Å². The zero-order chi connectivity index (χ0) is 22.1. The summed E-state index contributed by atoms with van der Waals surface area (Å²) in [5.74, 6) is -1.02. The van der Waals surface area contributed by atoms with Crippen molar-refractivity contribution in [3.05, 3.63) is 47.3 Å². The summed E-state index contributed by atoms with van der Waals surface area (Å²) in [6.07, 6.45) is 3.34. The Labute approximate surface area is 177 Å². The van der Waals surface area contributed by atoms with Gasteiger partial charge in [-0.25, -0.2) is 9.59 Å².